The molecule has 0 aromatic carbocycles. The number of carbonyl (C=O) groups excluding carboxylic acids is 1. The minimum absolute atomic E-state index is 0. The average molecular weight is 267 g/mol. The van der Waals surface area contributed by atoms with Gasteiger partial charge in [0.05, 0.1) is 6.61 Å². The van der Waals surface area contributed by atoms with Crippen molar-refractivity contribution in [2.24, 2.45) is 5.73 Å². The van der Waals surface area contributed by atoms with Crippen LogP contribution in [0.3, 0.4) is 0 Å². The van der Waals surface area contributed by atoms with Crippen molar-refractivity contribution in [1.29, 1.82) is 0 Å². The van der Waals surface area contributed by atoms with Crippen LogP contribution >= 0.6 is 24.8 Å². The van der Waals surface area contributed by atoms with Crippen LogP contribution in [0.15, 0.2) is 24.4 Å². The maximum absolute atomic E-state index is 11.2. The minimum atomic E-state index is -0.621. The van der Waals surface area contributed by atoms with Crippen molar-refractivity contribution in [2.45, 2.75) is 19.4 Å². The van der Waals surface area contributed by atoms with Gasteiger partial charge in [0.2, 0.25) is 0 Å². The van der Waals surface area contributed by atoms with Crippen molar-refractivity contribution < 1.29 is 9.53 Å². The third-order valence-electron chi connectivity index (χ3n) is 1.74. The van der Waals surface area contributed by atoms with E-state index in [1.807, 2.05) is 18.2 Å². The zero-order valence-corrected chi connectivity index (χ0v) is 10.6. The van der Waals surface area contributed by atoms with E-state index in [-0.39, 0.29) is 30.8 Å². The normalized spacial score (nSPS) is 10.6. The number of carbonyl (C=O) groups is 1. The molecule has 0 bridgehead atoms. The third-order valence-corrected chi connectivity index (χ3v) is 1.74. The molecule has 1 atom stereocenters. The number of halogens is 2. The molecule has 92 valence electrons. The molecule has 0 radical (unpaired) electrons. The summed E-state index contributed by atoms with van der Waals surface area (Å²) in [4.78, 5) is 15.2. The van der Waals surface area contributed by atoms with Crippen LogP contribution in [0.25, 0.3) is 0 Å². The summed E-state index contributed by atoms with van der Waals surface area (Å²) in [5.41, 5.74) is 6.42. The smallest absolute Gasteiger partial charge is 0.323 e. The van der Waals surface area contributed by atoms with Gasteiger partial charge < -0.3 is 10.5 Å². The second-order valence-electron chi connectivity index (χ2n) is 2.88. The van der Waals surface area contributed by atoms with Crippen LogP contribution in [0, 0.1) is 0 Å². The molecule has 16 heavy (non-hydrogen) atoms. The Hall–Kier alpha value is -0.840. The number of hydrogen-bond acceptors (Lipinski definition) is 4. The fourth-order valence-electron chi connectivity index (χ4n) is 1.08. The lowest BCUT2D eigenvalue weighted by atomic mass is 10.1. The van der Waals surface area contributed by atoms with E-state index in [4.69, 9.17) is 10.5 Å². The number of hydrogen-bond donors (Lipinski definition) is 1. The van der Waals surface area contributed by atoms with E-state index < -0.39 is 6.04 Å². The van der Waals surface area contributed by atoms with Gasteiger partial charge in [-0.25, -0.2) is 0 Å². The minimum Gasteiger partial charge on any atom is -0.465 e. The highest BCUT2D eigenvalue weighted by Crippen LogP contribution is 1.99. The molecule has 0 aliphatic rings. The SMILES string of the molecule is CCOC(=O)C(N)Cc1ccccn1.Cl.Cl. The van der Waals surface area contributed by atoms with Crippen LogP contribution in [0.5, 0.6) is 0 Å². The Morgan fingerprint density at radius 1 is 1.50 bits per heavy atom. The molecule has 1 unspecified atom stereocenters. The first kappa shape index (κ1) is 17.6. The monoisotopic (exact) mass is 266 g/mol. The molecule has 1 heterocycles. The third kappa shape index (κ3) is 5.90. The predicted molar refractivity (Wildman–Crippen MR) is 67.0 cm³/mol. The van der Waals surface area contributed by atoms with Gasteiger partial charge in [-0.3, -0.25) is 9.78 Å². The topological polar surface area (TPSA) is 65.2 Å². The van der Waals surface area contributed by atoms with Crippen molar-refractivity contribution in [1.82, 2.24) is 4.98 Å². The molecular formula is C10H16Cl2N2O2. The lowest BCUT2D eigenvalue weighted by Gasteiger charge is -2.09. The highest BCUT2D eigenvalue weighted by Gasteiger charge is 2.15. The van der Waals surface area contributed by atoms with E-state index in [9.17, 15) is 4.79 Å². The van der Waals surface area contributed by atoms with Crippen LogP contribution in [-0.4, -0.2) is 23.6 Å². The first-order valence-electron chi connectivity index (χ1n) is 4.56. The molecule has 0 spiro atoms. The molecule has 0 amide bonds. The van der Waals surface area contributed by atoms with E-state index in [0.29, 0.717) is 13.0 Å². The van der Waals surface area contributed by atoms with Gasteiger partial charge in [0, 0.05) is 18.3 Å². The number of esters is 1. The van der Waals surface area contributed by atoms with Crippen molar-refractivity contribution >= 4 is 30.8 Å². The molecule has 2 N–H and O–H groups in total. The second-order valence-corrected chi connectivity index (χ2v) is 2.88. The van der Waals surface area contributed by atoms with Crippen molar-refractivity contribution in [3.05, 3.63) is 30.1 Å². The summed E-state index contributed by atoms with van der Waals surface area (Å²) in [7, 11) is 0. The standard InChI is InChI=1S/C10H14N2O2.2ClH/c1-2-14-10(13)9(11)7-8-5-3-4-6-12-8;;/h3-6,9H,2,7,11H2,1H3;2*1H. The summed E-state index contributed by atoms with van der Waals surface area (Å²) >= 11 is 0. The molecule has 6 heteroatoms. The van der Waals surface area contributed by atoms with Crippen LogP contribution in [0.2, 0.25) is 0 Å². The maximum Gasteiger partial charge on any atom is 0.323 e. The van der Waals surface area contributed by atoms with Crippen LogP contribution in [0.4, 0.5) is 0 Å². The first-order valence-corrected chi connectivity index (χ1v) is 4.56. The van der Waals surface area contributed by atoms with Crippen molar-refractivity contribution in [3.63, 3.8) is 0 Å². The van der Waals surface area contributed by atoms with Crippen LogP contribution < -0.4 is 5.73 Å². The molecule has 1 rings (SSSR count). The lowest BCUT2D eigenvalue weighted by molar-refractivity contribution is -0.144. The lowest BCUT2D eigenvalue weighted by Crippen LogP contribution is -2.34. The molecule has 0 fully saturated rings. The van der Waals surface area contributed by atoms with Gasteiger partial charge in [0.15, 0.2) is 0 Å². The molecule has 0 saturated carbocycles. The Morgan fingerprint density at radius 2 is 2.19 bits per heavy atom. The molecule has 4 nitrogen and oxygen atoms in total. The quantitative estimate of drug-likeness (QED) is 0.836. The van der Waals surface area contributed by atoms with E-state index >= 15 is 0 Å². The van der Waals surface area contributed by atoms with Crippen molar-refractivity contribution in [2.75, 3.05) is 6.61 Å². The largest absolute Gasteiger partial charge is 0.465 e. The number of nitrogens with two attached hydrogens (primary N) is 1. The van der Waals surface area contributed by atoms with Gasteiger partial charge in [0.25, 0.3) is 0 Å². The fraction of sp³-hybridized carbons (Fsp3) is 0.400. The summed E-state index contributed by atoms with van der Waals surface area (Å²) in [6, 6.07) is 4.89. The van der Waals surface area contributed by atoms with Crippen LogP contribution in [0.1, 0.15) is 12.6 Å². The van der Waals surface area contributed by atoms with Crippen molar-refractivity contribution in [3.8, 4) is 0 Å². The van der Waals surface area contributed by atoms with Gasteiger partial charge >= 0.3 is 5.97 Å². The van der Waals surface area contributed by atoms with E-state index in [2.05, 4.69) is 4.98 Å². The fourth-order valence-corrected chi connectivity index (χ4v) is 1.08. The van der Waals surface area contributed by atoms with E-state index in [1.165, 1.54) is 0 Å². The van der Waals surface area contributed by atoms with Crippen LogP contribution in [-0.2, 0) is 16.0 Å². The number of aromatic nitrogens is 1. The zero-order chi connectivity index (χ0) is 10.4. The van der Waals surface area contributed by atoms with Gasteiger partial charge in [-0.2, -0.15) is 0 Å². The van der Waals surface area contributed by atoms with E-state index in [0.717, 1.165) is 5.69 Å². The molecule has 1 aromatic rings. The van der Waals surface area contributed by atoms with E-state index in [1.54, 1.807) is 13.1 Å². The summed E-state index contributed by atoms with van der Waals surface area (Å²) in [5.74, 6) is -0.377. The Balaban J connectivity index is 0. The van der Waals surface area contributed by atoms with Gasteiger partial charge in [-0.15, -0.1) is 24.8 Å². The highest BCUT2D eigenvalue weighted by atomic mass is 35.5. The molecular weight excluding hydrogens is 251 g/mol. The Morgan fingerprint density at radius 3 is 2.69 bits per heavy atom. The zero-order valence-electron chi connectivity index (χ0n) is 8.96. The highest BCUT2D eigenvalue weighted by molar-refractivity contribution is 5.85. The molecule has 0 saturated heterocycles. The average Bonchev–Trinajstić information content (AvgIpc) is 2.19. The molecule has 1 aromatic heterocycles. The van der Waals surface area contributed by atoms with Gasteiger partial charge in [0.1, 0.15) is 6.04 Å². The number of rotatable bonds is 4. The summed E-state index contributed by atoms with van der Waals surface area (Å²) in [6.45, 7) is 2.11. The summed E-state index contributed by atoms with van der Waals surface area (Å²) < 4.78 is 4.78. The van der Waals surface area contributed by atoms with Gasteiger partial charge in [-0.1, -0.05) is 6.07 Å². The first-order chi connectivity index (χ1) is 6.74. The number of ether oxygens (including phenoxy) is 1. The summed E-state index contributed by atoms with van der Waals surface area (Å²) in [5, 5.41) is 0. The number of pyridine rings is 1. The Labute approximate surface area is 107 Å². The summed E-state index contributed by atoms with van der Waals surface area (Å²) in [6.07, 6.45) is 2.09. The maximum atomic E-state index is 11.2. The molecule has 0 aliphatic carbocycles. The molecule has 0 aliphatic heterocycles. The second kappa shape index (κ2) is 9.39. The number of nitrogens with zero attached hydrogens (tertiary/aromatic N) is 1. The predicted octanol–water partition coefficient (Wildman–Crippen LogP) is 1.36. The Bertz CT molecular complexity index is 296. The van der Waals surface area contributed by atoms with Gasteiger partial charge in [-0.05, 0) is 19.1 Å². The Kier molecular flexibility index (Phi) is 10.3.